The first kappa shape index (κ1) is 28.8. The molecule has 1 aliphatic heterocycles. The quantitative estimate of drug-likeness (QED) is 0.381. The fraction of sp³-hybridized carbons (Fsp3) is 0.312. The predicted octanol–water partition coefficient (Wildman–Crippen LogP) is 3.08. The molecule has 0 fully saturated rings. The molecule has 2 aromatic carbocycles. The molecule has 5 rings (SSSR count). The molecule has 3 heterocycles. The van der Waals surface area contributed by atoms with Crippen LogP contribution in [0.2, 0.25) is 0 Å². The van der Waals surface area contributed by atoms with Crippen molar-refractivity contribution in [2.45, 2.75) is 32.0 Å². The largest absolute Gasteiger partial charge is 0.493 e. The standard InChI is InChI=1S/C32H36N6O4/c1-41-28-12-11-25-21-29(28)42-19-7-16-37(22-26-10-5-6-13-33-26)23-30(39)36-27(20-24-8-3-2-4-9-24)32(40)35-15-18-38-17-14-34-31(25)38/h2-6,8-14,17,21,27H,7,15-16,18-20,22-23H2,1H3,(H,35,40)(H,36,39)/t27-/m0/s1. The molecule has 2 amide bonds. The number of imidazole rings is 1. The summed E-state index contributed by atoms with van der Waals surface area (Å²) in [5.74, 6) is 1.56. The number of pyridine rings is 1. The first-order valence-corrected chi connectivity index (χ1v) is 14.1. The van der Waals surface area contributed by atoms with E-state index < -0.39 is 6.04 Å². The van der Waals surface area contributed by atoms with E-state index in [0.717, 1.165) is 22.6 Å². The summed E-state index contributed by atoms with van der Waals surface area (Å²) in [5.41, 5.74) is 2.71. The summed E-state index contributed by atoms with van der Waals surface area (Å²) in [6.07, 6.45) is 6.40. The second-order valence-corrected chi connectivity index (χ2v) is 10.1. The van der Waals surface area contributed by atoms with Crippen LogP contribution < -0.4 is 20.1 Å². The smallest absolute Gasteiger partial charge is 0.242 e. The van der Waals surface area contributed by atoms with Crippen molar-refractivity contribution in [3.8, 4) is 22.9 Å². The van der Waals surface area contributed by atoms with E-state index in [1.807, 2.05) is 82.4 Å². The summed E-state index contributed by atoms with van der Waals surface area (Å²) in [4.78, 5) is 37.7. The molecule has 10 nitrogen and oxygen atoms in total. The van der Waals surface area contributed by atoms with Crippen LogP contribution >= 0.6 is 0 Å². The third kappa shape index (κ3) is 7.73. The van der Waals surface area contributed by atoms with Gasteiger partial charge in [0.25, 0.3) is 0 Å². The fourth-order valence-electron chi connectivity index (χ4n) is 5.01. The molecule has 2 bridgehead atoms. The number of carbonyl (C=O) groups is 2. The van der Waals surface area contributed by atoms with Gasteiger partial charge in [-0.3, -0.25) is 19.5 Å². The third-order valence-electron chi connectivity index (χ3n) is 7.08. The molecule has 0 spiro atoms. The number of nitrogens with zero attached hydrogens (tertiary/aromatic N) is 4. The molecule has 2 aromatic heterocycles. The summed E-state index contributed by atoms with van der Waals surface area (Å²) >= 11 is 0. The van der Waals surface area contributed by atoms with Gasteiger partial charge in [0.2, 0.25) is 11.8 Å². The number of aromatic nitrogens is 3. The molecule has 1 aliphatic rings. The normalized spacial score (nSPS) is 17.1. The van der Waals surface area contributed by atoms with Crippen LogP contribution in [0.4, 0.5) is 0 Å². The zero-order valence-electron chi connectivity index (χ0n) is 23.7. The highest BCUT2D eigenvalue weighted by Gasteiger charge is 2.23. The van der Waals surface area contributed by atoms with Crippen LogP contribution in [-0.4, -0.2) is 70.6 Å². The van der Waals surface area contributed by atoms with Crippen molar-refractivity contribution in [3.05, 3.63) is 96.6 Å². The van der Waals surface area contributed by atoms with Gasteiger partial charge in [-0.1, -0.05) is 36.4 Å². The van der Waals surface area contributed by atoms with Crippen molar-refractivity contribution in [3.63, 3.8) is 0 Å². The molecule has 4 aromatic rings. The van der Waals surface area contributed by atoms with E-state index in [1.165, 1.54) is 0 Å². The van der Waals surface area contributed by atoms with Gasteiger partial charge in [0.05, 0.1) is 26.0 Å². The Morgan fingerprint density at radius 1 is 1.00 bits per heavy atom. The van der Waals surface area contributed by atoms with E-state index in [1.54, 1.807) is 19.5 Å². The van der Waals surface area contributed by atoms with E-state index in [9.17, 15) is 9.59 Å². The Morgan fingerprint density at radius 3 is 2.67 bits per heavy atom. The van der Waals surface area contributed by atoms with Gasteiger partial charge in [-0.2, -0.15) is 0 Å². The van der Waals surface area contributed by atoms with Gasteiger partial charge in [-0.25, -0.2) is 4.98 Å². The molecule has 42 heavy (non-hydrogen) atoms. The Hall–Kier alpha value is -4.70. The summed E-state index contributed by atoms with van der Waals surface area (Å²) in [6, 6.07) is 20.5. The second kappa shape index (κ2) is 14.3. The Morgan fingerprint density at radius 2 is 1.86 bits per heavy atom. The number of fused-ring (bicyclic) bond motifs is 4. The van der Waals surface area contributed by atoms with E-state index in [0.29, 0.717) is 57.1 Å². The number of ether oxygens (including phenoxy) is 2. The van der Waals surface area contributed by atoms with Crippen molar-refractivity contribution in [2.24, 2.45) is 0 Å². The maximum absolute atomic E-state index is 13.4. The minimum Gasteiger partial charge on any atom is -0.493 e. The highest BCUT2D eigenvalue weighted by atomic mass is 16.5. The Labute approximate surface area is 245 Å². The van der Waals surface area contributed by atoms with Crippen LogP contribution in [0.1, 0.15) is 17.7 Å². The van der Waals surface area contributed by atoms with E-state index in [2.05, 4.69) is 20.6 Å². The van der Waals surface area contributed by atoms with Gasteiger partial charge in [0.15, 0.2) is 11.5 Å². The number of benzene rings is 2. The van der Waals surface area contributed by atoms with Crippen LogP contribution in [0.5, 0.6) is 11.5 Å². The van der Waals surface area contributed by atoms with Gasteiger partial charge in [-0.15, -0.1) is 0 Å². The number of nitrogens with one attached hydrogen (secondary N) is 2. The van der Waals surface area contributed by atoms with Gasteiger partial charge >= 0.3 is 0 Å². The van der Waals surface area contributed by atoms with Crippen LogP contribution in [0.25, 0.3) is 11.4 Å². The lowest BCUT2D eigenvalue weighted by molar-refractivity contribution is -0.129. The van der Waals surface area contributed by atoms with Crippen LogP contribution in [0, 0.1) is 0 Å². The SMILES string of the molecule is COc1ccc2cc1OCCCN(Cc1ccccn1)CC(=O)N[C@@H](Cc1ccccc1)C(=O)NCCn1ccnc1-2. The molecule has 0 saturated carbocycles. The number of hydrogen-bond donors (Lipinski definition) is 2. The maximum atomic E-state index is 13.4. The summed E-state index contributed by atoms with van der Waals surface area (Å²) in [6.45, 7) is 2.50. The molecular formula is C32H36N6O4. The van der Waals surface area contributed by atoms with Gasteiger partial charge in [-0.05, 0) is 42.3 Å². The van der Waals surface area contributed by atoms with Crippen molar-refractivity contribution < 1.29 is 19.1 Å². The van der Waals surface area contributed by atoms with Gasteiger partial charge in [0, 0.05) is 56.8 Å². The number of methoxy groups -OCH3 is 1. The number of rotatable bonds is 5. The molecule has 0 radical (unpaired) electrons. The van der Waals surface area contributed by atoms with Crippen LogP contribution in [0.3, 0.4) is 0 Å². The first-order chi connectivity index (χ1) is 20.6. The molecule has 0 aliphatic carbocycles. The Bertz CT molecular complexity index is 1460. The van der Waals surface area contributed by atoms with Gasteiger partial charge in [0.1, 0.15) is 11.9 Å². The molecule has 2 N–H and O–H groups in total. The molecule has 1 atom stereocenters. The predicted molar refractivity (Wildman–Crippen MR) is 159 cm³/mol. The lowest BCUT2D eigenvalue weighted by Gasteiger charge is -2.24. The van der Waals surface area contributed by atoms with Crippen molar-refractivity contribution in [1.29, 1.82) is 0 Å². The Balaban J connectivity index is 1.40. The van der Waals surface area contributed by atoms with Crippen LogP contribution in [-0.2, 0) is 29.1 Å². The second-order valence-electron chi connectivity index (χ2n) is 10.1. The topological polar surface area (TPSA) is 111 Å². The molecule has 10 heteroatoms. The number of amides is 2. The van der Waals surface area contributed by atoms with E-state index >= 15 is 0 Å². The van der Waals surface area contributed by atoms with Crippen molar-refractivity contribution >= 4 is 11.8 Å². The maximum Gasteiger partial charge on any atom is 0.242 e. The molecule has 218 valence electrons. The van der Waals surface area contributed by atoms with Gasteiger partial charge < -0.3 is 24.7 Å². The average molecular weight is 569 g/mol. The highest BCUT2D eigenvalue weighted by Crippen LogP contribution is 2.32. The highest BCUT2D eigenvalue weighted by molar-refractivity contribution is 5.88. The summed E-state index contributed by atoms with van der Waals surface area (Å²) in [5, 5.41) is 6.00. The monoisotopic (exact) mass is 568 g/mol. The Kier molecular flexibility index (Phi) is 9.79. The fourth-order valence-corrected chi connectivity index (χ4v) is 5.01. The lowest BCUT2D eigenvalue weighted by atomic mass is 10.1. The molecule has 0 unspecified atom stereocenters. The van der Waals surface area contributed by atoms with Crippen molar-refractivity contribution in [2.75, 3.05) is 33.4 Å². The lowest BCUT2D eigenvalue weighted by Crippen LogP contribution is -2.51. The average Bonchev–Trinajstić information content (AvgIpc) is 3.48. The number of hydrogen-bond acceptors (Lipinski definition) is 7. The molecular weight excluding hydrogens is 532 g/mol. The third-order valence-corrected chi connectivity index (χ3v) is 7.08. The zero-order valence-corrected chi connectivity index (χ0v) is 23.7. The minimum absolute atomic E-state index is 0.117. The van der Waals surface area contributed by atoms with Crippen LogP contribution in [0.15, 0.2) is 85.3 Å². The minimum atomic E-state index is -0.717. The zero-order chi connectivity index (χ0) is 29.1. The van der Waals surface area contributed by atoms with Crippen molar-refractivity contribution in [1.82, 2.24) is 30.1 Å². The molecule has 0 saturated heterocycles. The summed E-state index contributed by atoms with van der Waals surface area (Å²) < 4.78 is 13.7. The summed E-state index contributed by atoms with van der Waals surface area (Å²) in [7, 11) is 1.61. The van der Waals surface area contributed by atoms with E-state index in [4.69, 9.17) is 9.47 Å². The van der Waals surface area contributed by atoms with E-state index in [-0.39, 0.29) is 18.4 Å². The number of carbonyl (C=O) groups excluding carboxylic acids is 2. The first-order valence-electron chi connectivity index (χ1n) is 14.1.